The van der Waals surface area contributed by atoms with Crippen LogP contribution in [0.2, 0.25) is 0 Å². The number of halogens is 1. The van der Waals surface area contributed by atoms with Crippen molar-refractivity contribution < 1.29 is 4.39 Å². The van der Waals surface area contributed by atoms with Crippen LogP contribution in [0.15, 0.2) is 42.5 Å². The first-order chi connectivity index (χ1) is 7.90. The van der Waals surface area contributed by atoms with Crippen molar-refractivity contribution >= 4 is 10.8 Å². The summed E-state index contributed by atoms with van der Waals surface area (Å²) in [5.41, 5.74) is 1.25. The van der Waals surface area contributed by atoms with E-state index in [0.717, 1.165) is 13.1 Å². The number of nitrogens with one attached hydrogen (secondary N) is 1. The molecule has 1 nitrogen and oxygen atoms in total. The van der Waals surface area contributed by atoms with Gasteiger partial charge in [-0.25, -0.2) is 0 Å². The minimum absolute atomic E-state index is 0.245. The summed E-state index contributed by atoms with van der Waals surface area (Å²) in [4.78, 5) is 0. The normalized spacial score (nSPS) is 10.8. The minimum atomic E-state index is -0.245. The Kier molecular flexibility index (Phi) is 3.89. The molecular formula is C14H16FN. The second kappa shape index (κ2) is 5.61. The van der Waals surface area contributed by atoms with Crippen molar-refractivity contribution in [1.29, 1.82) is 0 Å². The Bertz CT molecular complexity index is 453. The molecule has 0 aliphatic rings. The lowest BCUT2D eigenvalue weighted by Gasteiger charge is -2.05. The largest absolute Gasteiger partial charge is 0.313 e. The maximum absolute atomic E-state index is 11.9. The molecule has 0 atom stereocenters. The highest BCUT2D eigenvalue weighted by Gasteiger charge is 1.95. The van der Waals surface area contributed by atoms with E-state index in [2.05, 4.69) is 35.6 Å². The zero-order valence-electron chi connectivity index (χ0n) is 9.25. The Balaban J connectivity index is 2.02. The monoisotopic (exact) mass is 217 g/mol. The molecule has 0 amide bonds. The zero-order valence-corrected chi connectivity index (χ0v) is 9.25. The van der Waals surface area contributed by atoms with Crippen LogP contribution in [-0.4, -0.2) is 13.2 Å². The molecule has 0 spiro atoms. The summed E-state index contributed by atoms with van der Waals surface area (Å²) < 4.78 is 11.9. The van der Waals surface area contributed by atoms with Crippen LogP contribution >= 0.6 is 0 Å². The second-order valence-electron chi connectivity index (χ2n) is 3.90. The number of alkyl halides is 1. The average molecular weight is 217 g/mol. The lowest BCUT2D eigenvalue weighted by Crippen LogP contribution is -2.14. The summed E-state index contributed by atoms with van der Waals surface area (Å²) in [6.45, 7) is 1.30. The molecule has 1 N–H and O–H groups in total. The van der Waals surface area contributed by atoms with Gasteiger partial charge in [-0.05, 0) is 35.4 Å². The molecule has 2 rings (SSSR count). The van der Waals surface area contributed by atoms with Gasteiger partial charge in [-0.1, -0.05) is 36.4 Å². The molecule has 2 heteroatoms. The van der Waals surface area contributed by atoms with Gasteiger partial charge in [-0.15, -0.1) is 0 Å². The van der Waals surface area contributed by atoms with Crippen LogP contribution in [0, 0.1) is 0 Å². The van der Waals surface area contributed by atoms with E-state index < -0.39 is 0 Å². The third-order valence-electron chi connectivity index (χ3n) is 2.63. The number of hydrogen-bond acceptors (Lipinski definition) is 1. The fraction of sp³-hybridized carbons (Fsp3) is 0.286. The quantitative estimate of drug-likeness (QED) is 0.758. The molecule has 0 fully saturated rings. The summed E-state index contributed by atoms with van der Waals surface area (Å²) in [5.74, 6) is 0. The van der Waals surface area contributed by atoms with Gasteiger partial charge in [-0.3, -0.25) is 4.39 Å². The van der Waals surface area contributed by atoms with Crippen molar-refractivity contribution in [3.05, 3.63) is 48.0 Å². The van der Waals surface area contributed by atoms with E-state index in [1.807, 2.05) is 12.1 Å². The van der Waals surface area contributed by atoms with Crippen molar-refractivity contribution in [3.63, 3.8) is 0 Å². The average Bonchev–Trinajstić information content (AvgIpc) is 2.34. The first-order valence-electron chi connectivity index (χ1n) is 5.64. The van der Waals surface area contributed by atoms with Gasteiger partial charge in [0.1, 0.15) is 0 Å². The van der Waals surface area contributed by atoms with E-state index in [1.165, 1.54) is 16.3 Å². The van der Waals surface area contributed by atoms with Crippen molar-refractivity contribution in [2.24, 2.45) is 0 Å². The van der Waals surface area contributed by atoms with Gasteiger partial charge in [0.25, 0.3) is 0 Å². The molecule has 0 unspecified atom stereocenters. The molecule has 16 heavy (non-hydrogen) atoms. The Morgan fingerprint density at radius 1 is 1.00 bits per heavy atom. The van der Waals surface area contributed by atoms with Crippen molar-refractivity contribution in [1.82, 2.24) is 5.32 Å². The predicted octanol–water partition coefficient (Wildman–Crippen LogP) is 3.29. The van der Waals surface area contributed by atoms with Crippen molar-refractivity contribution in [2.75, 3.05) is 13.2 Å². The van der Waals surface area contributed by atoms with Crippen LogP contribution in [0.25, 0.3) is 10.8 Å². The Hall–Kier alpha value is -1.41. The van der Waals surface area contributed by atoms with E-state index in [1.54, 1.807) is 0 Å². The Morgan fingerprint density at radius 2 is 1.81 bits per heavy atom. The van der Waals surface area contributed by atoms with E-state index in [-0.39, 0.29) is 6.67 Å². The summed E-state index contributed by atoms with van der Waals surface area (Å²) >= 11 is 0. The first-order valence-corrected chi connectivity index (χ1v) is 5.64. The number of hydrogen-bond donors (Lipinski definition) is 1. The molecule has 0 aliphatic carbocycles. The van der Waals surface area contributed by atoms with Crippen molar-refractivity contribution in [2.45, 2.75) is 13.0 Å². The van der Waals surface area contributed by atoms with Crippen LogP contribution in [0.1, 0.15) is 12.0 Å². The summed E-state index contributed by atoms with van der Waals surface area (Å²) in [6, 6.07) is 14.7. The fourth-order valence-electron chi connectivity index (χ4n) is 1.77. The molecule has 2 aromatic rings. The van der Waals surface area contributed by atoms with Gasteiger partial charge in [-0.2, -0.15) is 0 Å². The zero-order chi connectivity index (χ0) is 11.2. The van der Waals surface area contributed by atoms with E-state index in [0.29, 0.717) is 6.42 Å². The Labute approximate surface area is 95.3 Å². The minimum Gasteiger partial charge on any atom is -0.313 e. The molecule has 0 saturated heterocycles. The summed E-state index contributed by atoms with van der Waals surface area (Å²) in [6.07, 6.45) is 0.591. The highest BCUT2D eigenvalue weighted by atomic mass is 19.1. The first kappa shape index (κ1) is 11.1. The maximum Gasteiger partial charge on any atom is 0.0906 e. The number of benzene rings is 2. The molecular weight excluding hydrogens is 201 g/mol. The van der Waals surface area contributed by atoms with Crippen LogP contribution in [-0.2, 0) is 6.54 Å². The van der Waals surface area contributed by atoms with Gasteiger partial charge >= 0.3 is 0 Å². The molecule has 84 valence electrons. The molecule has 0 saturated carbocycles. The van der Waals surface area contributed by atoms with Gasteiger partial charge < -0.3 is 5.32 Å². The second-order valence-corrected chi connectivity index (χ2v) is 3.90. The number of fused-ring (bicyclic) bond motifs is 1. The fourth-order valence-corrected chi connectivity index (χ4v) is 1.77. The third kappa shape index (κ3) is 2.80. The number of rotatable bonds is 5. The molecule has 0 radical (unpaired) electrons. The smallest absolute Gasteiger partial charge is 0.0906 e. The molecule has 2 aromatic carbocycles. The lowest BCUT2D eigenvalue weighted by atomic mass is 10.1. The third-order valence-corrected chi connectivity index (χ3v) is 2.63. The molecule has 0 bridgehead atoms. The van der Waals surface area contributed by atoms with Gasteiger partial charge in [0, 0.05) is 6.54 Å². The van der Waals surface area contributed by atoms with Crippen LogP contribution in [0.4, 0.5) is 4.39 Å². The predicted molar refractivity (Wildman–Crippen MR) is 66.2 cm³/mol. The maximum atomic E-state index is 11.9. The lowest BCUT2D eigenvalue weighted by molar-refractivity contribution is 0.459. The highest BCUT2D eigenvalue weighted by molar-refractivity contribution is 5.82. The molecule has 0 aliphatic heterocycles. The summed E-state index contributed by atoms with van der Waals surface area (Å²) in [5, 5.41) is 5.74. The van der Waals surface area contributed by atoms with E-state index >= 15 is 0 Å². The standard InChI is InChI=1S/C14H16FN/c15-8-3-9-16-11-12-6-7-13-4-1-2-5-14(13)10-12/h1-2,4-7,10,16H,3,8-9,11H2. The molecule has 0 heterocycles. The topological polar surface area (TPSA) is 12.0 Å². The highest BCUT2D eigenvalue weighted by Crippen LogP contribution is 2.15. The Morgan fingerprint density at radius 3 is 2.62 bits per heavy atom. The van der Waals surface area contributed by atoms with Gasteiger partial charge in [0.2, 0.25) is 0 Å². The summed E-state index contributed by atoms with van der Waals surface area (Å²) in [7, 11) is 0. The van der Waals surface area contributed by atoms with E-state index in [4.69, 9.17) is 0 Å². The van der Waals surface area contributed by atoms with Crippen LogP contribution in [0.5, 0.6) is 0 Å². The van der Waals surface area contributed by atoms with Crippen LogP contribution in [0.3, 0.4) is 0 Å². The van der Waals surface area contributed by atoms with Gasteiger partial charge in [0.05, 0.1) is 6.67 Å². The van der Waals surface area contributed by atoms with Gasteiger partial charge in [0.15, 0.2) is 0 Å². The van der Waals surface area contributed by atoms with Crippen molar-refractivity contribution in [3.8, 4) is 0 Å². The SMILES string of the molecule is FCCCNCc1ccc2ccccc2c1. The van der Waals surface area contributed by atoms with E-state index in [9.17, 15) is 4.39 Å². The van der Waals surface area contributed by atoms with Crippen LogP contribution < -0.4 is 5.32 Å². The molecule has 0 aromatic heterocycles.